The summed E-state index contributed by atoms with van der Waals surface area (Å²) in [5, 5.41) is 3.26. The molecule has 0 saturated carbocycles. The van der Waals surface area contributed by atoms with Crippen molar-refractivity contribution in [3.63, 3.8) is 0 Å². The van der Waals surface area contributed by atoms with Crippen molar-refractivity contribution in [1.29, 1.82) is 0 Å². The largest absolute Gasteiger partial charge is 0.355 e. The molecule has 90 valence electrons. The monoisotopic (exact) mass is 336 g/mol. The number of hydrogen-bond donors (Lipinski definition) is 2. The maximum absolute atomic E-state index is 11.4. The zero-order valence-corrected chi connectivity index (χ0v) is 11.7. The van der Waals surface area contributed by atoms with Crippen LogP contribution in [-0.2, 0) is 0 Å². The Kier molecular flexibility index (Phi) is 5.75. The molecule has 0 amide bonds. The molecule has 0 unspecified atom stereocenters. The van der Waals surface area contributed by atoms with Gasteiger partial charge in [0.25, 0.3) is 5.56 Å². The van der Waals surface area contributed by atoms with Gasteiger partial charge in [0.1, 0.15) is 9.39 Å². The van der Waals surface area contributed by atoms with Gasteiger partial charge in [0.05, 0.1) is 6.33 Å². The van der Waals surface area contributed by atoms with E-state index in [1.807, 2.05) is 22.6 Å². The maximum Gasteiger partial charge on any atom is 0.266 e. The van der Waals surface area contributed by atoms with Crippen molar-refractivity contribution < 1.29 is 0 Å². The zero-order chi connectivity index (χ0) is 12.0. The number of nitrogens with zero attached hydrogens (tertiary/aromatic N) is 2. The summed E-state index contributed by atoms with van der Waals surface area (Å²) >= 11 is 2.04. The predicted molar refractivity (Wildman–Crippen MR) is 74.0 cm³/mol. The third-order valence-corrected chi connectivity index (χ3v) is 3.24. The molecule has 1 rings (SSSR count). The van der Waals surface area contributed by atoms with Crippen LogP contribution in [-0.4, -0.2) is 36.1 Å². The van der Waals surface area contributed by atoms with Crippen LogP contribution in [0.1, 0.15) is 13.8 Å². The Balaban J connectivity index is 2.78. The Morgan fingerprint density at radius 2 is 2.31 bits per heavy atom. The van der Waals surface area contributed by atoms with Crippen LogP contribution in [0.15, 0.2) is 11.1 Å². The minimum absolute atomic E-state index is 0.0764. The summed E-state index contributed by atoms with van der Waals surface area (Å²) in [5.41, 5.74) is -0.0764. The van der Waals surface area contributed by atoms with Gasteiger partial charge in [0.15, 0.2) is 0 Å². The molecule has 0 aromatic carbocycles. The van der Waals surface area contributed by atoms with Crippen LogP contribution in [0.25, 0.3) is 0 Å². The van der Waals surface area contributed by atoms with Gasteiger partial charge in [-0.2, -0.15) is 0 Å². The van der Waals surface area contributed by atoms with E-state index >= 15 is 0 Å². The van der Waals surface area contributed by atoms with Gasteiger partial charge in [0.2, 0.25) is 0 Å². The molecule has 0 aliphatic rings. The first-order valence-corrected chi connectivity index (χ1v) is 6.47. The average Bonchev–Trinajstić information content (AvgIpc) is 2.29. The quantitative estimate of drug-likeness (QED) is 0.596. The number of nitrogens with one attached hydrogen (secondary N) is 2. The van der Waals surface area contributed by atoms with Gasteiger partial charge < -0.3 is 15.2 Å². The van der Waals surface area contributed by atoms with Crippen molar-refractivity contribution in [2.45, 2.75) is 13.8 Å². The van der Waals surface area contributed by atoms with Gasteiger partial charge in [-0.05, 0) is 36.1 Å². The maximum atomic E-state index is 11.4. The van der Waals surface area contributed by atoms with Gasteiger partial charge in [0, 0.05) is 19.6 Å². The highest BCUT2D eigenvalue weighted by atomic mass is 127. The fourth-order valence-electron chi connectivity index (χ4n) is 1.40. The molecule has 0 spiro atoms. The number of hydrogen-bond acceptors (Lipinski definition) is 4. The summed E-state index contributed by atoms with van der Waals surface area (Å²) < 4.78 is 0.651. The van der Waals surface area contributed by atoms with Gasteiger partial charge in [-0.15, -0.1) is 0 Å². The molecule has 0 aliphatic carbocycles. The Morgan fingerprint density at radius 3 is 2.94 bits per heavy atom. The SMILES string of the molecule is CCNCCN(CC)c1nc[nH]c(=O)c1I. The smallest absolute Gasteiger partial charge is 0.266 e. The Morgan fingerprint density at radius 1 is 1.56 bits per heavy atom. The summed E-state index contributed by atoms with van der Waals surface area (Å²) in [6.07, 6.45) is 1.45. The van der Waals surface area contributed by atoms with E-state index in [0.29, 0.717) is 3.57 Å². The minimum Gasteiger partial charge on any atom is -0.355 e. The lowest BCUT2D eigenvalue weighted by molar-refractivity contribution is 0.682. The van der Waals surface area contributed by atoms with Crippen LogP contribution in [0.2, 0.25) is 0 Å². The van der Waals surface area contributed by atoms with Crippen molar-refractivity contribution in [3.8, 4) is 0 Å². The van der Waals surface area contributed by atoms with Crippen LogP contribution in [0.5, 0.6) is 0 Å². The topological polar surface area (TPSA) is 61.0 Å². The van der Waals surface area contributed by atoms with E-state index in [1.165, 1.54) is 6.33 Å². The van der Waals surface area contributed by atoms with Crippen molar-refractivity contribution in [2.24, 2.45) is 0 Å². The lowest BCUT2D eigenvalue weighted by Gasteiger charge is -2.22. The first kappa shape index (κ1) is 13.4. The molecule has 16 heavy (non-hydrogen) atoms. The summed E-state index contributed by atoms with van der Waals surface area (Å²) in [6, 6.07) is 0. The van der Waals surface area contributed by atoms with Gasteiger partial charge in [-0.1, -0.05) is 6.92 Å². The molecule has 0 aliphatic heterocycles. The summed E-state index contributed by atoms with van der Waals surface area (Å²) in [6.45, 7) is 7.69. The fourth-order valence-corrected chi connectivity index (χ4v) is 2.03. The number of H-pyrrole nitrogens is 1. The molecule has 6 heteroatoms. The number of rotatable bonds is 6. The zero-order valence-electron chi connectivity index (χ0n) is 9.59. The van der Waals surface area contributed by atoms with Crippen LogP contribution < -0.4 is 15.8 Å². The van der Waals surface area contributed by atoms with E-state index in [1.54, 1.807) is 0 Å². The molecule has 1 aromatic heterocycles. The molecular weight excluding hydrogens is 319 g/mol. The Bertz CT molecular complexity index is 379. The summed E-state index contributed by atoms with van der Waals surface area (Å²) in [7, 11) is 0. The minimum atomic E-state index is -0.0764. The second-order valence-electron chi connectivity index (χ2n) is 3.30. The standard InChI is InChI=1S/C10H17IN4O/c1-3-12-5-6-15(4-2)9-8(11)10(16)14-7-13-9/h7,12H,3-6H2,1-2H3,(H,13,14,16). The average molecular weight is 336 g/mol. The second-order valence-corrected chi connectivity index (χ2v) is 4.38. The normalized spacial score (nSPS) is 10.4. The van der Waals surface area contributed by atoms with Crippen molar-refractivity contribution in [2.75, 3.05) is 31.1 Å². The lowest BCUT2D eigenvalue weighted by Crippen LogP contribution is -2.34. The van der Waals surface area contributed by atoms with Crippen LogP contribution in [0.3, 0.4) is 0 Å². The third-order valence-electron chi connectivity index (χ3n) is 2.27. The van der Waals surface area contributed by atoms with Crippen LogP contribution in [0.4, 0.5) is 5.82 Å². The summed E-state index contributed by atoms with van der Waals surface area (Å²) in [5.74, 6) is 0.768. The van der Waals surface area contributed by atoms with E-state index in [9.17, 15) is 4.79 Å². The number of halogens is 1. The van der Waals surface area contributed by atoms with E-state index in [4.69, 9.17) is 0 Å². The molecular formula is C10H17IN4O. The lowest BCUT2D eigenvalue weighted by atomic mass is 10.4. The van der Waals surface area contributed by atoms with E-state index in [0.717, 1.165) is 32.0 Å². The van der Waals surface area contributed by atoms with Crippen LogP contribution in [0, 0.1) is 3.57 Å². The highest BCUT2D eigenvalue weighted by Gasteiger charge is 2.11. The first-order chi connectivity index (χ1) is 7.70. The number of anilines is 1. The molecule has 5 nitrogen and oxygen atoms in total. The molecule has 0 fully saturated rings. The number of aromatic amines is 1. The summed E-state index contributed by atoms with van der Waals surface area (Å²) in [4.78, 5) is 20.3. The van der Waals surface area contributed by atoms with E-state index in [2.05, 4.69) is 34.0 Å². The highest BCUT2D eigenvalue weighted by molar-refractivity contribution is 14.1. The Hall–Kier alpha value is -0.630. The van der Waals surface area contributed by atoms with Gasteiger partial charge >= 0.3 is 0 Å². The van der Waals surface area contributed by atoms with Gasteiger partial charge in [-0.3, -0.25) is 4.79 Å². The van der Waals surface area contributed by atoms with E-state index in [-0.39, 0.29) is 5.56 Å². The van der Waals surface area contributed by atoms with Crippen molar-refractivity contribution in [3.05, 3.63) is 20.3 Å². The van der Waals surface area contributed by atoms with Crippen molar-refractivity contribution in [1.82, 2.24) is 15.3 Å². The third kappa shape index (κ3) is 3.44. The number of aromatic nitrogens is 2. The second kappa shape index (κ2) is 6.85. The molecule has 1 heterocycles. The van der Waals surface area contributed by atoms with E-state index < -0.39 is 0 Å². The molecule has 2 N–H and O–H groups in total. The van der Waals surface area contributed by atoms with Gasteiger partial charge in [-0.25, -0.2) is 4.98 Å². The fraction of sp³-hybridized carbons (Fsp3) is 0.600. The molecule has 0 radical (unpaired) electrons. The molecule has 0 atom stereocenters. The first-order valence-electron chi connectivity index (χ1n) is 5.39. The molecule has 0 bridgehead atoms. The predicted octanol–water partition coefficient (Wildman–Crippen LogP) is 0.810. The molecule has 0 saturated heterocycles. The van der Waals surface area contributed by atoms with Crippen molar-refractivity contribution >= 4 is 28.4 Å². The Labute approximate surface area is 109 Å². The van der Waals surface area contributed by atoms with Crippen LogP contribution >= 0.6 is 22.6 Å². The number of likely N-dealkylation sites (N-methyl/N-ethyl adjacent to an activating group) is 2. The highest BCUT2D eigenvalue weighted by Crippen LogP contribution is 2.14. The molecule has 1 aromatic rings.